The summed E-state index contributed by atoms with van der Waals surface area (Å²) in [6.07, 6.45) is 1.59. The number of carbonyl (C=O) groups is 2. The van der Waals surface area contributed by atoms with Gasteiger partial charge in [0.25, 0.3) is 0 Å². The average Bonchev–Trinajstić information content (AvgIpc) is 2.49. The lowest BCUT2D eigenvalue weighted by molar-refractivity contribution is -0.123. The van der Waals surface area contributed by atoms with Gasteiger partial charge in [-0.1, -0.05) is 0 Å². The van der Waals surface area contributed by atoms with Crippen molar-refractivity contribution in [2.45, 2.75) is 12.8 Å². The van der Waals surface area contributed by atoms with E-state index in [4.69, 9.17) is 4.74 Å². The van der Waals surface area contributed by atoms with Gasteiger partial charge < -0.3 is 19.9 Å². The van der Waals surface area contributed by atoms with E-state index in [0.29, 0.717) is 13.2 Å². The fourth-order valence-corrected chi connectivity index (χ4v) is 2.06. The summed E-state index contributed by atoms with van der Waals surface area (Å²) >= 11 is 0. The van der Waals surface area contributed by atoms with E-state index < -0.39 is 5.97 Å². The molecule has 1 aliphatic heterocycles. The van der Waals surface area contributed by atoms with Crippen molar-refractivity contribution in [3.05, 3.63) is 23.8 Å². The first-order chi connectivity index (χ1) is 9.61. The van der Waals surface area contributed by atoms with Gasteiger partial charge in [0.1, 0.15) is 5.75 Å². The first kappa shape index (κ1) is 14.3. The lowest BCUT2D eigenvalue weighted by Gasteiger charge is -2.21. The van der Waals surface area contributed by atoms with Crippen molar-refractivity contribution in [3.63, 3.8) is 0 Å². The number of nitrogens with one attached hydrogen (secondary N) is 1. The molecule has 6 heteroatoms. The standard InChI is InChI=1S/C14H17NO5/c1-19-14(18)9-4-5-12(16)11(7-9)15-13(17)10-3-2-6-20-8-10/h4-5,7,10,16H,2-3,6,8H2,1H3,(H,15,17)/t10-/m0/s1. The molecule has 2 rings (SSSR count). The third-order valence-corrected chi connectivity index (χ3v) is 3.21. The number of amides is 1. The molecule has 20 heavy (non-hydrogen) atoms. The predicted molar refractivity (Wildman–Crippen MR) is 71.6 cm³/mol. The minimum atomic E-state index is -0.526. The molecule has 1 heterocycles. The van der Waals surface area contributed by atoms with Gasteiger partial charge in [-0.3, -0.25) is 4.79 Å². The van der Waals surface area contributed by atoms with Gasteiger partial charge in [0.15, 0.2) is 0 Å². The number of anilines is 1. The van der Waals surface area contributed by atoms with Crippen LogP contribution in [0.2, 0.25) is 0 Å². The molecule has 0 radical (unpaired) electrons. The Morgan fingerprint density at radius 2 is 2.25 bits per heavy atom. The molecule has 2 N–H and O–H groups in total. The minimum absolute atomic E-state index is 0.0947. The molecule has 1 fully saturated rings. The van der Waals surface area contributed by atoms with Crippen molar-refractivity contribution in [3.8, 4) is 5.75 Å². The van der Waals surface area contributed by atoms with Crippen LogP contribution in [-0.4, -0.2) is 37.3 Å². The maximum absolute atomic E-state index is 12.1. The number of phenolic OH excluding ortho intramolecular Hbond substituents is 1. The highest BCUT2D eigenvalue weighted by Crippen LogP contribution is 2.26. The highest BCUT2D eigenvalue weighted by molar-refractivity contribution is 5.97. The second-order valence-electron chi connectivity index (χ2n) is 4.63. The van der Waals surface area contributed by atoms with Crippen LogP contribution in [0.1, 0.15) is 23.2 Å². The van der Waals surface area contributed by atoms with Crippen LogP contribution in [-0.2, 0) is 14.3 Å². The number of phenols is 1. The molecule has 1 atom stereocenters. The van der Waals surface area contributed by atoms with Crippen molar-refractivity contribution < 1.29 is 24.2 Å². The quantitative estimate of drug-likeness (QED) is 0.647. The van der Waals surface area contributed by atoms with Gasteiger partial charge in [0, 0.05) is 6.61 Å². The van der Waals surface area contributed by atoms with Gasteiger partial charge in [0.05, 0.1) is 30.9 Å². The fourth-order valence-electron chi connectivity index (χ4n) is 2.06. The molecule has 1 saturated heterocycles. The Morgan fingerprint density at radius 3 is 2.90 bits per heavy atom. The van der Waals surface area contributed by atoms with E-state index in [1.165, 1.54) is 25.3 Å². The molecule has 0 spiro atoms. The molecule has 0 unspecified atom stereocenters. The second-order valence-corrected chi connectivity index (χ2v) is 4.63. The first-order valence-electron chi connectivity index (χ1n) is 6.41. The number of aromatic hydroxyl groups is 1. The van der Waals surface area contributed by atoms with Crippen LogP contribution in [0.25, 0.3) is 0 Å². The van der Waals surface area contributed by atoms with Gasteiger partial charge in [0.2, 0.25) is 5.91 Å². The monoisotopic (exact) mass is 279 g/mol. The maximum Gasteiger partial charge on any atom is 0.337 e. The molecule has 6 nitrogen and oxygen atoms in total. The Labute approximate surface area is 116 Å². The lowest BCUT2D eigenvalue weighted by Crippen LogP contribution is -2.30. The molecular weight excluding hydrogens is 262 g/mol. The SMILES string of the molecule is COC(=O)c1ccc(O)c(NC(=O)[C@H]2CCCOC2)c1. The van der Waals surface area contributed by atoms with Crippen molar-refractivity contribution in [2.75, 3.05) is 25.6 Å². The number of rotatable bonds is 3. The molecule has 1 aromatic rings. The van der Waals surface area contributed by atoms with Crippen LogP contribution < -0.4 is 5.32 Å². The maximum atomic E-state index is 12.1. The topological polar surface area (TPSA) is 84.9 Å². The molecular formula is C14H17NO5. The Morgan fingerprint density at radius 1 is 1.45 bits per heavy atom. The third kappa shape index (κ3) is 3.27. The number of hydrogen-bond donors (Lipinski definition) is 2. The number of methoxy groups -OCH3 is 1. The van der Waals surface area contributed by atoms with Crippen LogP contribution >= 0.6 is 0 Å². The van der Waals surface area contributed by atoms with Crippen LogP contribution in [0.3, 0.4) is 0 Å². The fraction of sp³-hybridized carbons (Fsp3) is 0.429. The zero-order valence-electron chi connectivity index (χ0n) is 11.2. The van der Waals surface area contributed by atoms with Crippen LogP contribution in [0.15, 0.2) is 18.2 Å². The Balaban J connectivity index is 2.11. The van der Waals surface area contributed by atoms with E-state index in [1.807, 2.05) is 0 Å². The average molecular weight is 279 g/mol. The van der Waals surface area contributed by atoms with Gasteiger partial charge in [-0.15, -0.1) is 0 Å². The van der Waals surface area contributed by atoms with E-state index in [0.717, 1.165) is 12.8 Å². The number of esters is 1. The van der Waals surface area contributed by atoms with Gasteiger partial charge >= 0.3 is 5.97 Å². The summed E-state index contributed by atoms with van der Waals surface area (Å²) in [5, 5.41) is 12.4. The van der Waals surface area contributed by atoms with Crippen molar-refractivity contribution in [2.24, 2.45) is 5.92 Å². The molecule has 0 aliphatic carbocycles. The number of carbonyl (C=O) groups excluding carboxylic acids is 2. The van der Waals surface area contributed by atoms with Crippen LogP contribution in [0.5, 0.6) is 5.75 Å². The molecule has 0 bridgehead atoms. The van der Waals surface area contributed by atoms with Crippen LogP contribution in [0.4, 0.5) is 5.69 Å². The molecule has 0 aromatic heterocycles. The smallest absolute Gasteiger partial charge is 0.337 e. The summed E-state index contributed by atoms with van der Waals surface area (Å²) in [5.74, 6) is -1.07. The molecule has 108 valence electrons. The summed E-state index contributed by atoms with van der Waals surface area (Å²) < 4.78 is 9.85. The summed E-state index contributed by atoms with van der Waals surface area (Å²) in [5.41, 5.74) is 0.462. The van der Waals surface area contributed by atoms with Crippen LogP contribution in [0, 0.1) is 5.92 Å². The first-order valence-corrected chi connectivity index (χ1v) is 6.41. The Hall–Kier alpha value is -2.08. The van der Waals surface area contributed by atoms with E-state index >= 15 is 0 Å². The van der Waals surface area contributed by atoms with E-state index in [1.54, 1.807) is 0 Å². The third-order valence-electron chi connectivity index (χ3n) is 3.21. The molecule has 1 aliphatic rings. The summed E-state index contributed by atoms with van der Waals surface area (Å²) in [4.78, 5) is 23.5. The zero-order chi connectivity index (χ0) is 14.5. The Bertz CT molecular complexity index is 508. The Kier molecular flexibility index (Phi) is 4.57. The van der Waals surface area contributed by atoms with E-state index in [9.17, 15) is 14.7 Å². The summed E-state index contributed by atoms with van der Waals surface area (Å²) in [6, 6.07) is 4.17. The van der Waals surface area contributed by atoms with Gasteiger partial charge in [-0.2, -0.15) is 0 Å². The lowest BCUT2D eigenvalue weighted by atomic mass is 10.0. The van der Waals surface area contributed by atoms with Crippen molar-refractivity contribution >= 4 is 17.6 Å². The second kappa shape index (κ2) is 6.38. The molecule has 1 aromatic carbocycles. The minimum Gasteiger partial charge on any atom is -0.506 e. The number of hydrogen-bond acceptors (Lipinski definition) is 5. The number of benzene rings is 1. The predicted octanol–water partition coefficient (Wildman–Crippen LogP) is 1.54. The zero-order valence-corrected chi connectivity index (χ0v) is 11.2. The molecule has 0 saturated carbocycles. The normalized spacial score (nSPS) is 18.4. The van der Waals surface area contributed by atoms with Crippen molar-refractivity contribution in [1.29, 1.82) is 0 Å². The number of ether oxygens (including phenoxy) is 2. The van der Waals surface area contributed by atoms with E-state index in [2.05, 4.69) is 10.1 Å². The van der Waals surface area contributed by atoms with Gasteiger partial charge in [-0.25, -0.2) is 4.79 Å². The highest BCUT2D eigenvalue weighted by Gasteiger charge is 2.22. The highest BCUT2D eigenvalue weighted by atomic mass is 16.5. The van der Waals surface area contributed by atoms with E-state index in [-0.39, 0.29) is 28.8 Å². The van der Waals surface area contributed by atoms with Gasteiger partial charge in [-0.05, 0) is 31.0 Å². The summed E-state index contributed by atoms with van der Waals surface area (Å²) in [7, 11) is 1.27. The summed E-state index contributed by atoms with van der Waals surface area (Å²) in [6.45, 7) is 1.05. The largest absolute Gasteiger partial charge is 0.506 e. The van der Waals surface area contributed by atoms with Crippen molar-refractivity contribution in [1.82, 2.24) is 0 Å². The molecule has 1 amide bonds.